The lowest BCUT2D eigenvalue weighted by atomic mass is 10.1. The molecule has 1 atom stereocenters. The van der Waals surface area contributed by atoms with E-state index in [0.29, 0.717) is 5.02 Å². The van der Waals surface area contributed by atoms with Crippen molar-refractivity contribution in [3.63, 3.8) is 0 Å². The number of carbonyl (C=O) groups is 1. The Kier molecular flexibility index (Phi) is 4.54. The van der Waals surface area contributed by atoms with Gasteiger partial charge in [-0.05, 0) is 12.1 Å². The van der Waals surface area contributed by atoms with Crippen LogP contribution < -0.4 is 0 Å². The van der Waals surface area contributed by atoms with Crippen LogP contribution in [0.2, 0.25) is 15.1 Å². The molecule has 0 aliphatic heterocycles. The highest BCUT2D eigenvalue weighted by Crippen LogP contribution is 2.30. The monoisotopic (exact) mass is 334 g/mol. The van der Waals surface area contributed by atoms with Crippen LogP contribution in [-0.4, -0.2) is 10.1 Å². The number of halogens is 5. The summed E-state index contributed by atoms with van der Waals surface area (Å²) < 4.78 is -0.822. The fourth-order valence-corrected chi connectivity index (χ4v) is 1.83. The molecule has 0 aliphatic rings. The average Bonchev–Trinajstić information content (AvgIpc) is 2.10. The number of alkyl halides is 2. The predicted molar refractivity (Wildman–Crippen MR) is 64.4 cm³/mol. The van der Waals surface area contributed by atoms with Gasteiger partial charge in [-0.3, -0.25) is 4.79 Å². The first-order valence-corrected chi connectivity index (χ1v) is 5.89. The van der Waals surface area contributed by atoms with Crippen LogP contribution >= 0.6 is 62.3 Å². The van der Waals surface area contributed by atoms with E-state index in [1.54, 1.807) is 0 Å². The molecule has 1 aromatic carbocycles. The molecule has 0 spiro atoms. The predicted octanol–water partition coefficient (Wildman–Crippen LogP) is 4.79. The van der Waals surface area contributed by atoms with Crippen molar-refractivity contribution in [1.82, 2.24) is 0 Å². The lowest BCUT2D eigenvalue weighted by Gasteiger charge is -2.05. The SMILES string of the molecule is O=C(c1cc(Cl)c(Cl)cc1Cl)C(Cl)Br. The normalized spacial score (nSPS) is 12.6. The zero-order valence-electron chi connectivity index (χ0n) is 6.53. The molecule has 1 rings (SSSR count). The molecule has 0 fully saturated rings. The Morgan fingerprint density at radius 2 is 1.64 bits per heavy atom. The second-order valence-electron chi connectivity index (χ2n) is 2.41. The van der Waals surface area contributed by atoms with Crippen LogP contribution in [0, 0.1) is 0 Å². The van der Waals surface area contributed by atoms with Gasteiger partial charge >= 0.3 is 0 Å². The maximum absolute atomic E-state index is 11.5. The van der Waals surface area contributed by atoms with Crippen LogP contribution in [0.4, 0.5) is 0 Å². The minimum absolute atomic E-state index is 0.231. The maximum atomic E-state index is 11.5. The molecule has 6 heteroatoms. The number of rotatable bonds is 2. The number of hydrogen-bond acceptors (Lipinski definition) is 1. The molecule has 0 aliphatic carbocycles. The van der Waals surface area contributed by atoms with E-state index in [4.69, 9.17) is 46.4 Å². The molecule has 1 unspecified atom stereocenters. The topological polar surface area (TPSA) is 17.1 Å². The first-order valence-electron chi connectivity index (χ1n) is 3.40. The second kappa shape index (κ2) is 5.04. The highest BCUT2D eigenvalue weighted by atomic mass is 79.9. The zero-order chi connectivity index (χ0) is 10.9. The summed E-state index contributed by atoms with van der Waals surface area (Å²) in [7, 11) is 0. The lowest BCUT2D eigenvalue weighted by molar-refractivity contribution is 0.101. The van der Waals surface area contributed by atoms with Gasteiger partial charge in [-0.2, -0.15) is 0 Å². The number of ketones is 1. The summed E-state index contributed by atoms with van der Waals surface area (Å²) in [5, 5.41) is 0.799. The van der Waals surface area contributed by atoms with Gasteiger partial charge < -0.3 is 0 Å². The van der Waals surface area contributed by atoms with Gasteiger partial charge in [0, 0.05) is 5.56 Å². The van der Waals surface area contributed by atoms with Crippen LogP contribution in [0.5, 0.6) is 0 Å². The van der Waals surface area contributed by atoms with Crippen LogP contribution in [0.25, 0.3) is 0 Å². The highest BCUT2D eigenvalue weighted by molar-refractivity contribution is 9.10. The standard InChI is InChI=1S/C8H3BrCl4O/c9-8(13)7(14)3-1-5(11)6(12)2-4(3)10/h1-2,8H. The highest BCUT2D eigenvalue weighted by Gasteiger charge is 2.18. The lowest BCUT2D eigenvalue weighted by Crippen LogP contribution is -2.08. The van der Waals surface area contributed by atoms with Gasteiger partial charge in [0.05, 0.1) is 15.1 Å². The molecule has 0 amide bonds. The Hall–Kier alpha value is 0.530. The molecule has 0 radical (unpaired) electrons. The third-order valence-corrected chi connectivity index (χ3v) is 3.12. The number of carbonyl (C=O) groups excluding carboxylic acids is 1. The fraction of sp³-hybridized carbons (Fsp3) is 0.125. The van der Waals surface area contributed by atoms with Crippen molar-refractivity contribution in [3.05, 3.63) is 32.8 Å². The van der Waals surface area contributed by atoms with Crippen LogP contribution in [-0.2, 0) is 0 Å². The summed E-state index contributed by atoms with van der Waals surface area (Å²) in [6.45, 7) is 0. The van der Waals surface area contributed by atoms with Crippen molar-refractivity contribution in [2.75, 3.05) is 0 Å². The van der Waals surface area contributed by atoms with E-state index in [1.165, 1.54) is 12.1 Å². The number of hydrogen-bond donors (Lipinski definition) is 0. The van der Waals surface area contributed by atoms with E-state index in [0.717, 1.165) is 0 Å². The Morgan fingerprint density at radius 3 is 2.14 bits per heavy atom. The molecule has 1 nitrogen and oxygen atoms in total. The van der Waals surface area contributed by atoms with Gasteiger partial charge in [-0.15, -0.1) is 11.6 Å². The summed E-state index contributed by atoms with van der Waals surface area (Å²) >= 11 is 25.7. The van der Waals surface area contributed by atoms with Crippen LogP contribution in [0.3, 0.4) is 0 Å². The molecule has 0 heterocycles. The van der Waals surface area contributed by atoms with E-state index in [9.17, 15) is 4.79 Å². The summed E-state index contributed by atoms with van der Waals surface area (Å²) in [5.74, 6) is -0.352. The largest absolute Gasteiger partial charge is 0.291 e. The van der Waals surface area contributed by atoms with Gasteiger partial charge in [-0.1, -0.05) is 50.7 Å². The maximum Gasteiger partial charge on any atom is 0.192 e. The smallest absolute Gasteiger partial charge is 0.192 e. The van der Waals surface area contributed by atoms with Gasteiger partial charge in [-0.25, -0.2) is 0 Å². The molecule has 0 saturated carbocycles. The summed E-state index contributed by atoms with van der Waals surface area (Å²) in [4.78, 5) is 11.5. The van der Waals surface area contributed by atoms with Crippen molar-refractivity contribution in [1.29, 1.82) is 0 Å². The Bertz CT molecular complexity index is 378. The van der Waals surface area contributed by atoms with Gasteiger partial charge in [0.2, 0.25) is 0 Å². The number of benzene rings is 1. The third kappa shape index (κ3) is 2.77. The summed E-state index contributed by atoms with van der Waals surface area (Å²) in [5.41, 5.74) is 0.248. The molecular formula is C8H3BrCl4O. The van der Waals surface area contributed by atoms with E-state index in [-0.39, 0.29) is 21.4 Å². The molecular weight excluding hydrogens is 334 g/mol. The van der Waals surface area contributed by atoms with E-state index < -0.39 is 4.29 Å². The van der Waals surface area contributed by atoms with Crippen molar-refractivity contribution in [2.24, 2.45) is 0 Å². The first kappa shape index (κ1) is 12.6. The minimum atomic E-state index is -0.822. The van der Waals surface area contributed by atoms with E-state index in [1.807, 2.05) is 0 Å². The van der Waals surface area contributed by atoms with Crippen molar-refractivity contribution in [2.45, 2.75) is 4.29 Å². The Morgan fingerprint density at radius 1 is 1.14 bits per heavy atom. The minimum Gasteiger partial charge on any atom is -0.291 e. The van der Waals surface area contributed by atoms with Gasteiger partial charge in [0.25, 0.3) is 0 Å². The van der Waals surface area contributed by atoms with Gasteiger partial charge in [0.1, 0.15) is 0 Å². The van der Waals surface area contributed by atoms with Crippen molar-refractivity contribution >= 4 is 68.1 Å². The first-order chi connectivity index (χ1) is 6.43. The quantitative estimate of drug-likeness (QED) is 0.431. The summed E-state index contributed by atoms with van der Waals surface area (Å²) in [6.07, 6.45) is 0. The zero-order valence-corrected chi connectivity index (χ0v) is 11.1. The molecule has 0 N–H and O–H groups in total. The second-order valence-corrected chi connectivity index (χ2v) is 5.51. The molecule has 14 heavy (non-hydrogen) atoms. The molecule has 0 saturated heterocycles. The van der Waals surface area contributed by atoms with E-state index in [2.05, 4.69) is 15.9 Å². The summed E-state index contributed by atoms with van der Waals surface area (Å²) in [6, 6.07) is 2.80. The van der Waals surface area contributed by atoms with Crippen molar-refractivity contribution < 1.29 is 4.79 Å². The van der Waals surface area contributed by atoms with Crippen LogP contribution in [0.1, 0.15) is 10.4 Å². The molecule has 0 aromatic heterocycles. The molecule has 76 valence electrons. The molecule has 0 bridgehead atoms. The molecule has 1 aromatic rings. The fourth-order valence-electron chi connectivity index (χ4n) is 0.829. The van der Waals surface area contributed by atoms with E-state index >= 15 is 0 Å². The Labute approximate surface area is 109 Å². The number of Topliss-reactive ketones (excluding diaryl/α,β-unsaturated/α-hetero) is 1. The third-order valence-electron chi connectivity index (χ3n) is 1.47. The van der Waals surface area contributed by atoms with Crippen molar-refractivity contribution in [3.8, 4) is 0 Å². The van der Waals surface area contributed by atoms with Crippen LogP contribution in [0.15, 0.2) is 12.1 Å². The average molecular weight is 337 g/mol. The van der Waals surface area contributed by atoms with Gasteiger partial charge in [0.15, 0.2) is 10.1 Å². The Balaban J connectivity index is 3.22.